The van der Waals surface area contributed by atoms with E-state index in [-0.39, 0.29) is 0 Å². The highest BCUT2D eigenvalue weighted by Crippen LogP contribution is 2.29. The Morgan fingerprint density at radius 3 is 2.60 bits per heavy atom. The molecule has 106 valence electrons. The van der Waals surface area contributed by atoms with Crippen LogP contribution >= 0.6 is 11.8 Å². The zero-order chi connectivity index (χ0) is 14.2. The van der Waals surface area contributed by atoms with Gasteiger partial charge in [0, 0.05) is 10.6 Å². The molecular formula is C17H21NOS. The van der Waals surface area contributed by atoms with Gasteiger partial charge < -0.3 is 10.5 Å². The zero-order valence-corrected chi connectivity index (χ0v) is 12.7. The molecule has 2 rings (SSSR count). The fourth-order valence-corrected chi connectivity index (χ4v) is 3.03. The van der Waals surface area contributed by atoms with Gasteiger partial charge in [-0.2, -0.15) is 0 Å². The van der Waals surface area contributed by atoms with Gasteiger partial charge in [0.1, 0.15) is 5.75 Å². The molecule has 0 atom stereocenters. The van der Waals surface area contributed by atoms with Gasteiger partial charge in [-0.1, -0.05) is 30.3 Å². The molecule has 2 N–H and O–H groups in total. The second-order valence-electron chi connectivity index (χ2n) is 4.69. The van der Waals surface area contributed by atoms with Crippen molar-refractivity contribution in [2.24, 2.45) is 0 Å². The van der Waals surface area contributed by atoms with Gasteiger partial charge in [0.2, 0.25) is 0 Å². The van der Waals surface area contributed by atoms with Crippen LogP contribution in [0.3, 0.4) is 0 Å². The first-order chi connectivity index (χ1) is 9.79. The second kappa shape index (κ2) is 7.85. The Hall–Kier alpha value is -1.61. The van der Waals surface area contributed by atoms with Gasteiger partial charge in [-0.05, 0) is 48.8 Å². The molecule has 0 aromatic heterocycles. The third kappa shape index (κ3) is 4.49. The summed E-state index contributed by atoms with van der Waals surface area (Å²) < 4.78 is 5.23. The van der Waals surface area contributed by atoms with Crippen LogP contribution in [0.25, 0.3) is 0 Å². The molecule has 0 aliphatic rings. The van der Waals surface area contributed by atoms with Crippen LogP contribution in [-0.2, 0) is 6.42 Å². The van der Waals surface area contributed by atoms with Gasteiger partial charge >= 0.3 is 0 Å². The first kappa shape index (κ1) is 14.8. The molecule has 2 aromatic rings. The van der Waals surface area contributed by atoms with E-state index in [0.29, 0.717) is 0 Å². The maximum absolute atomic E-state index is 5.97. The molecule has 0 aliphatic carbocycles. The quantitative estimate of drug-likeness (QED) is 0.466. The van der Waals surface area contributed by atoms with E-state index in [2.05, 4.69) is 30.3 Å². The summed E-state index contributed by atoms with van der Waals surface area (Å²) in [6.07, 6.45) is 3.55. The number of nitrogen functional groups attached to an aromatic ring is 1. The number of anilines is 1. The Balaban J connectivity index is 1.73. The predicted molar refractivity (Wildman–Crippen MR) is 87.5 cm³/mol. The van der Waals surface area contributed by atoms with Crippen LogP contribution in [0.5, 0.6) is 5.75 Å². The van der Waals surface area contributed by atoms with Gasteiger partial charge in [0.25, 0.3) is 0 Å². The van der Waals surface area contributed by atoms with Crippen LogP contribution in [0.2, 0.25) is 0 Å². The van der Waals surface area contributed by atoms with Crippen molar-refractivity contribution in [1.82, 2.24) is 0 Å². The van der Waals surface area contributed by atoms with Crippen molar-refractivity contribution in [3.05, 3.63) is 54.1 Å². The number of ether oxygens (including phenoxy) is 1. The summed E-state index contributed by atoms with van der Waals surface area (Å²) in [6.45, 7) is 0. The monoisotopic (exact) mass is 287 g/mol. The summed E-state index contributed by atoms with van der Waals surface area (Å²) in [7, 11) is 1.68. The molecule has 3 heteroatoms. The average Bonchev–Trinajstić information content (AvgIpc) is 2.50. The summed E-state index contributed by atoms with van der Waals surface area (Å²) >= 11 is 1.81. The van der Waals surface area contributed by atoms with E-state index in [1.54, 1.807) is 18.9 Å². The molecular weight excluding hydrogens is 266 g/mol. The lowest BCUT2D eigenvalue weighted by atomic mass is 10.1. The molecule has 0 radical (unpaired) electrons. The number of thioether (sulfide) groups is 1. The second-order valence-corrected chi connectivity index (χ2v) is 5.83. The van der Waals surface area contributed by atoms with Gasteiger partial charge in [0.15, 0.2) is 0 Å². The van der Waals surface area contributed by atoms with E-state index >= 15 is 0 Å². The number of hydrogen-bond donors (Lipinski definition) is 1. The molecule has 0 fully saturated rings. The van der Waals surface area contributed by atoms with Crippen molar-refractivity contribution in [1.29, 1.82) is 0 Å². The number of aryl methyl sites for hydroxylation is 1. The SMILES string of the molecule is COc1ccc(N)c(SCCCCc2ccccc2)c1. The van der Waals surface area contributed by atoms with Crippen LogP contribution in [0.15, 0.2) is 53.4 Å². The summed E-state index contributed by atoms with van der Waals surface area (Å²) in [5, 5.41) is 0. The standard InChI is InChI=1S/C17H21NOS/c1-19-15-10-11-16(18)17(13-15)20-12-6-5-9-14-7-3-2-4-8-14/h2-4,7-8,10-11,13H,5-6,9,12,18H2,1H3. The highest BCUT2D eigenvalue weighted by atomic mass is 32.2. The normalized spacial score (nSPS) is 10.4. The lowest BCUT2D eigenvalue weighted by Gasteiger charge is -2.08. The molecule has 0 spiro atoms. The minimum absolute atomic E-state index is 0.832. The fraction of sp³-hybridized carbons (Fsp3) is 0.294. The summed E-state index contributed by atoms with van der Waals surface area (Å²) in [6, 6.07) is 16.4. The Morgan fingerprint density at radius 2 is 1.85 bits per heavy atom. The number of unbranched alkanes of at least 4 members (excludes halogenated alkanes) is 1. The summed E-state index contributed by atoms with van der Waals surface area (Å²) in [5.41, 5.74) is 8.22. The van der Waals surface area contributed by atoms with Gasteiger partial charge in [-0.15, -0.1) is 11.8 Å². The topological polar surface area (TPSA) is 35.2 Å². The van der Waals surface area contributed by atoms with E-state index in [1.807, 2.05) is 18.2 Å². The van der Waals surface area contributed by atoms with E-state index in [9.17, 15) is 0 Å². The average molecular weight is 287 g/mol. The maximum Gasteiger partial charge on any atom is 0.120 e. The minimum atomic E-state index is 0.832. The Kier molecular flexibility index (Phi) is 5.81. The number of rotatable bonds is 7. The predicted octanol–water partition coefficient (Wildman–Crippen LogP) is 4.39. The molecule has 0 unspecified atom stereocenters. The lowest BCUT2D eigenvalue weighted by Crippen LogP contribution is -1.92. The molecule has 0 bridgehead atoms. The Bertz CT molecular complexity index is 528. The zero-order valence-electron chi connectivity index (χ0n) is 11.8. The fourth-order valence-electron chi connectivity index (χ4n) is 2.02. The maximum atomic E-state index is 5.97. The first-order valence-corrected chi connectivity index (χ1v) is 7.88. The van der Waals surface area contributed by atoms with Crippen molar-refractivity contribution in [3.63, 3.8) is 0 Å². The van der Waals surface area contributed by atoms with E-state index < -0.39 is 0 Å². The third-order valence-electron chi connectivity index (χ3n) is 3.18. The van der Waals surface area contributed by atoms with Crippen molar-refractivity contribution in [2.45, 2.75) is 24.2 Å². The van der Waals surface area contributed by atoms with Crippen molar-refractivity contribution >= 4 is 17.4 Å². The smallest absolute Gasteiger partial charge is 0.120 e. The highest BCUT2D eigenvalue weighted by molar-refractivity contribution is 7.99. The van der Waals surface area contributed by atoms with Crippen LogP contribution in [0.1, 0.15) is 18.4 Å². The molecule has 20 heavy (non-hydrogen) atoms. The van der Waals surface area contributed by atoms with Crippen LogP contribution in [0, 0.1) is 0 Å². The van der Waals surface area contributed by atoms with Crippen molar-refractivity contribution in [3.8, 4) is 5.75 Å². The molecule has 0 saturated carbocycles. The minimum Gasteiger partial charge on any atom is -0.497 e. The number of benzene rings is 2. The van der Waals surface area contributed by atoms with E-state index in [1.165, 1.54) is 18.4 Å². The third-order valence-corrected chi connectivity index (χ3v) is 4.34. The van der Waals surface area contributed by atoms with Gasteiger partial charge in [0.05, 0.1) is 7.11 Å². The number of nitrogens with two attached hydrogens (primary N) is 1. The van der Waals surface area contributed by atoms with Gasteiger partial charge in [-0.25, -0.2) is 0 Å². The van der Waals surface area contributed by atoms with Crippen molar-refractivity contribution < 1.29 is 4.74 Å². The number of methoxy groups -OCH3 is 1. The highest BCUT2D eigenvalue weighted by Gasteiger charge is 2.02. The van der Waals surface area contributed by atoms with Crippen LogP contribution in [0.4, 0.5) is 5.69 Å². The largest absolute Gasteiger partial charge is 0.497 e. The molecule has 2 nitrogen and oxygen atoms in total. The van der Waals surface area contributed by atoms with E-state index in [4.69, 9.17) is 10.5 Å². The van der Waals surface area contributed by atoms with Crippen LogP contribution in [-0.4, -0.2) is 12.9 Å². The lowest BCUT2D eigenvalue weighted by molar-refractivity contribution is 0.414. The van der Waals surface area contributed by atoms with Crippen molar-refractivity contribution in [2.75, 3.05) is 18.6 Å². The van der Waals surface area contributed by atoms with E-state index in [0.717, 1.165) is 28.5 Å². The van der Waals surface area contributed by atoms with Gasteiger partial charge in [-0.3, -0.25) is 0 Å². The summed E-state index contributed by atoms with van der Waals surface area (Å²) in [4.78, 5) is 1.11. The number of hydrogen-bond acceptors (Lipinski definition) is 3. The molecule has 0 saturated heterocycles. The summed E-state index contributed by atoms with van der Waals surface area (Å²) in [5.74, 6) is 1.95. The first-order valence-electron chi connectivity index (χ1n) is 6.90. The molecule has 0 amide bonds. The molecule has 2 aromatic carbocycles. The Labute approximate surface area is 125 Å². The van der Waals surface area contributed by atoms with Crippen LogP contribution < -0.4 is 10.5 Å². The Morgan fingerprint density at radius 1 is 1.05 bits per heavy atom. The molecule has 0 heterocycles. The molecule has 0 aliphatic heterocycles.